The topological polar surface area (TPSA) is 64.3 Å². The van der Waals surface area contributed by atoms with Crippen molar-refractivity contribution in [3.63, 3.8) is 0 Å². The summed E-state index contributed by atoms with van der Waals surface area (Å²) in [6.45, 7) is 0.976. The van der Waals surface area contributed by atoms with Crippen molar-refractivity contribution in [3.05, 3.63) is 106 Å². The number of benzene rings is 3. The third kappa shape index (κ3) is 4.67. The lowest BCUT2D eigenvalue weighted by Crippen LogP contribution is -2.17. The Morgan fingerprint density at radius 1 is 1.05 bits per heavy atom. The second-order valence-corrected chi connectivity index (χ2v) is 10.1. The zero-order valence-corrected chi connectivity index (χ0v) is 21.1. The highest BCUT2D eigenvalue weighted by Gasteiger charge is 2.29. The Morgan fingerprint density at radius 3 is 2.76 bits per heavy atom. The molecule has 3 aromatic carbocycles. The molecule has 1 N–H and O–H groups in total. The number of carbonyl (C=O) groups is 1. The van der Waals surface area contributed by atoms with E-state index < -0.39 is 5.97 Å². The number of para-hydroxylation sites is 1. The van der Waals surface area contributed by atoms with Crippen molar-refractivity contribution in [2.45, 2.75) is 44.8 Å². The molecule has 0 saturated carbocycles. The second-order valence-electron chi connectivity index (χ2n) is 9.69. The quantitative estimate of drug-likeness (QED) is 0.248. The molecule has 1 unspecified atom stereocenters. The summed E-state index contributed by atoms with van der Waals surface area (Å²) in [5.74, 6) is -0.0119. The minimum absolute atomic E-state index is 0.0256. The third-order valence-corrected chi connectivity index (χ3v) is 7.67. The van der Waals surface area contributed by atoms with Crippen LogP contribution in [0, 0.1) is 0 Å². The molecule has 37 heavy (non-hydrogen) atoms. The van der Waals surface area contributed by atoms with Crippen LogP contribution in [0.3, 0.4) is 0 Å². The summed E-state index contributed by atoms with van der Waals surface area (Å²) in [6.07, 6.45) is 2.90. The van der Waals surface area contributed by atoms with Crippen molar-refractivity contribution >= 4 is 39.4 Å². The summed E-state index contributed by atoms with van der Waals surface area (Å²) in [7, 11) is 0. The third-order valence-electron chi connectivity index (χ3n) is 7.30. The average molecular weight is 511 g/mol. The van der Waals surface area contributed by atoms with Gasteiger partial charge in [0.1, 0.15) is 12.4 Å². The predicted octanol–water partition coefficient (Wildman–Crippen LogP) is 7.36. The number of nitrogens with zero attached hydrogens (tertiary/aromatic N) is 2. The number of carboxylic acid groups (broad SMARTS) is 1. The van der Waals surface area contributed by atoms with Gasteiger partial charge in [-0.3, -0.25) is 4.79 Å². The summed E-state index contributed by atoms with van der Waals surface area (Å²) in [5.41, 5.74) is 6.28. The van der Waals surface area contributed by atoms with Crippen LogP contribution in [0.15, 0.2) is 78.9 Å². The Morgan fingerprint density at radius 2 is 1.89 bits per heavy atom. The van der Waals surface area contributed by atoms with E-state index in [1.165, 1.54) is 5.56 Å². The van der Waals surface area contributed by atoms with Crippen molar-refractivity contribution in [1.82, 2.24) is 9.55 Å². The number of hydrogen-bond acceptors (Lipinski definition) is 3. The molecule has 0 aliphatic heterocycles. The molecule has 0 fully saturated rings. The average Bonchev–Trinajstić information content (AvgIpc) is 3.22. The Hall–Kier alpha value is -3.83. The molecule has 0 saturated heterocycles. The monoisotopic (exact) mass is 510 g/mol. The Bertz CT molecular complexity index is 1620. The van der Waals surface area contributed by atoms with Gasteiger partial charge < -0.3 is 14.4 Å². The molecule has 1 aliphatic rings. The molecular formula is C31H27ClN2O3. The molecule has 5 nitrogen and oxygen atoms in total. The molecule has 186 valence electrons. The highest BCUT2D eigenvalue weighted by atomic mass is 35.5. The SMILES string of the molecule is O=C(O)CC1CCCc2c1n(Cc1ccccc1Cl)c1ccc(OCc3ccc4ccccc4n3)cc21. The summed E-state index contributed by atoms with van der Waals surface area (Å²) in [6, 6.07) is 26.1. The standard InChI is InChI=1S/C31H27ClN2O3/c32-27-10-3-1-7-22(27)18-34-29-15-14-24(37-19-23-13-12-20-6-2-4-11-28(20)33-23)17-26(29)25-9-5-8-21(31(25)34)16-30(35)36/h1-4,6-7,10-15,17,21H,5,8-9,16,18-19H2,(H,35,36). The van der Waals surface area contributed by atoms with Crippen molar-refractivity contribution in [3.8, 4) is 5.75 Å². The largest absolute Gasteiger partial charge is 0.487 e. The number of aryl methyl sites for hydroxylation is 1. The number of halogens is 1. The van der Waals surface area contributed by atoms with Crippen LogP contribution in [-0.2, 0) is 24.4 Å². The normalized spacial score (nSPS) is 15.1. The fraction of sp³-hybridized carbons (Fsp3) is 0.226. The first-order valence-corrected chi connectivity index (χ1v) is 13.0. The van der Waals surface area contributed by atoms with E-state index in [-0.39, 0.29) is 12.3 Å². The van der Waals surface area contributed by atoms with Crippen LogP contribution < -0.4 is 4.74 Å². The van der Waals surface area contributed by atoms with E-state index in [0.29, 0.717) is 18.2 Å². The number of ether oxygens (including phenoxy) is 1. The molecule has 5 aromatic rings. The van der Waals surface area contributed by atoms with E-state index in [9.17, 15) is 9.90 Å². The lowest BCUT2D eigenvalue weighted by atomic mass is 9.84. The first-order valence-electron chi connectivity index (χ1n) is 12.6. The number of aliphatic carboxylic acids is 1. The van der Waals surface area contributed by atoms with E-state index in [0.717, 1.165) is 63.8 Å². The van der Waals surface area contributed by atoms with Gasteiger partial charge in [0.15, 0.2) is 0 Å². The van der Waals surface area contributed by atoms with Crippen LogP contribution in [0.1, 0.15) is 47.7 Å². The summed E-state index contributed by atoms with van der Waals surface area (Å²) in [5, 5.41) is 12.6. The molecule has 0 bridgehead atoms. The first kappa shape index (κ1) is 23.6. The van der Waals surface area contributed by atoms with Gasteiger partial charge in [0.25, 0.3) is 0 Å². The minimum Gasteiger partial charge on any atom is -0.487 e. The molecule has 2 heterocycles. The lowest BCUT2D eigenvalue weighted by Gasteiger charge is -2.25. The van der Waals surface area contributed by atoms with Crippen LogP contribution in [0.4, 0.5) is 0 Å². The van der Waals surface area contributed by atoms with E-state index >= 15 is 0 Å². The molecule has 2 aromatic heterocycles. The van der Waals surface area contributed by atoms with Gasteiger partial charge in [0.05, 0.1) is 17.6 Å². The molecular weight excluding hydrogens is 484 g/mol. The molecule has 1 atom stereocenters. The number of carboxylic acids is 1. The van der Waals surface area contributed by atoms with Crippen LogP contribution in [0.25, 0.3) is 21.8 Å². The predicted molar refractivity (Wildman–Crippen MR) is 146 cm³/mol. The molecule has 0 radical (unpaired) electrons. The number of pyridine rings is 1. The zero-order chi connectivity index (χ0) is 25.4. The fourth-order valence-corrected chi connectivity index (χ4v) is 5.82. The van der Waals surface area contributed by atoms with Gasteiger partial charge in [-0.05, 0) is 66.8 Å². The zero-order valence-electron chi connectivity index (χ0n) is 20.4. The summed E-state index contributed by atoms with van der Waals surface area (Å²) < 4.78 is 8.46. The van der Waals surface area contributed by atoms with Crippen molar-refractivity contribution in [2.75, 3.05) is 0 Å². The van der Waals surface area contributed by atoms with E-state index in [1.807, 2.05) is 54.6 Å². The van der Waals surface area contributed by atoms with E-state index in [2.05, 4.69) is 28.8 Å². The lowest BCUT2D eigenvalue weighted by molar-refractivity contribution is -0.137. The van der Waals surface area contributed by atoms with E-state index in [4.69, 9.17) is 21.3 Å². The van der Waals surface area contributed by atoms with Gasteiger partial charge in [-0.2, -0.15) is 0 Å². The molecule has 0 amide bonds. The maximum absolute atomic E-state index is 11.7. The molecule has 6 rings (SSSR count). The maximum atomic E-state index is 11.7. The Labute approximate surface area is 220 Å². The van der Waals surface area contributed by atoms with Gasteiger partial charge in [-0.25, -0.2) is 4.98 Å². The van der Waals surface area contributed by atoms with Gasteiger partial charge in [0, 0.05) is 39.5 Å². The van der Waals surface area contributed by atoms with Gasteiger partial charge >= 0.3 is 5.97 Å². The Balaban J connectivity index is 1.37. The van der Waals surface area contributed by atoms with Gasteiger partial charge in [0.2, 0.25) is 0 Å². The van der Waals surface area contributed by atoms with Crippen LogP contribution in [0.2, 0.25) is 5.02 Å². The number of rotatable bonds is 7. The molecule has 1 aliphatic carbocycles. The van der Waals surface area contributed by atoms with Crippen LogP contribution in [-0.4, -0.2) is 20.6 Å². The number of aromatic nitrogens is 2. The minimum atomic E-state index is -0.765. The van der Waals surface area contributed by atoms with Crippen LogP contribution >= 0.6 is 11.6 Å². The molecule has 0 spiro atoms. The van der Waals surface area contributed by atoms with Crippen molar-refractivity contribution < 1.29 is 14.6 Å². The second kappa shape index (κ2) is 9.91. The molecule has 6 heteroatoms. The first-order chi connectivity index (χ1) is 18.1. The van der Waals surface area contributed by atoms with E-state index in [1.54, 1.807) is 0 Å². The summed E-state index contributed by atoms with van der Waals surface area (Å²) >= 11 is 6.52. The highest BCUT2D eigenvalue weighted by molar-refractivity contribution is 6.31. The highest BCUT2D eigenvalue weighted by Crippen LogP contribution is 2.42. The fourth-order valence-electron chi connectivity index (χ4n) is 5.63. The maximum Gasteiger partial charge on any atom is 0.304 e. The van der Waals surface area contributed by atoms with Gasteiger partial charge in [-0.15, -0.1) is 0 Å². The smallest absolute Gasteiger partial charge is 0.304 e. The number of hydrogen-bond donors (Lipinski definition) is 1. The van der Waals surface area contributed by atoms with Crippen LogP contribution in [0.5, 0.6) is 5.75 Å². The Kier molecular flexibility index (Phi) is 6.31. The van der Waals surface area contributed by atoms with Crippen molar-refractivity contribution in [2.24, 2.45) is 0 Å². The van der Waals surface area contributed by atoms with Gasteiger partial charge in [-0.1, -0.05) is 54.1 Å². The number of fused-ring (bicyclic) bond motifs is 4. The van der Waals surface area contributed by atoms with Crippen molar-refractivity contribution in [1.29, 1.82) is 0 Å². The summed E-state index contributed by atoms with van der Waals surface area (Å²) in [4.78, 5) is 16.4.